The molecule has 1 fully saturated rings. The highest BCUT2D eigenvalue weighted by Gasteiger charge is 2.26. The molecule has 2 atom stereocenters. The van der Waals surface area contributed by atoms with Crippen molar-refractivity contribution in [1.29, 1.82) is 0 Å². The lowest BCUT2D eigenvalue weighted by Crippen LogP contribution is -2.26. The maximum absolute atomic E-state index is 12.3. The van der Waals surface area contributed by atoms with Gasteiger partial charge in [-0.05, 0) is 6.42 Å². The van der Waals surface area contributed by atoms with Gasteiger partial charge in [-0.1, -0.05) is 0 Å². The summed E-state index contributed by atoms with van der Waals surface area (Å²) in [5, 5.41) is -0.686. The van der Waals surface area contributed by atoms with Gasteiger partial charge in [0.25, 0.3) is 0 Å². The van der Waals surface area contributed by atoms with Crippen LogP contribution in [0.3, 0.4) is 0 Å². The van der Waals surface area contributed by atoms with E-state index in [4.69, 9.17) is 11.6 Å². The van der Waals surface area contributed by atoms with Crippen LogP contribution in [0.2, 0.25) is 0 Å². The van der Waals surface area contributed by atoms with E-state index in [1.54, 1.807) is 0 Å². The number of alkyl halides is 2. The van der Waals surface area contributed by atoms with Crippen LogP contribution in [0.15, 0.2) is 0 Å². The molecule has 1 rings (SSSR count). The Bertz CT molecular complexity index is 126. The van der Waals surface area contributed by atoms with Gasteiger partial charge in [0.05, 0.1) is 5.38 Å². The van der Waals surface area contributed by atoms with Gasteiger partial charge in [0.15, 0.2) is 5.78 Å². The third-order valence-electron chi connectivity index (χ3n) is 1.35. The standard InChI is InChI=1S/C6H7ClFO/c7-5-3-4(8)1-2-6(5)9/h3-5H,1-2H2. The summed E-state index contributed by atoms with van der Waals surface area (Å²) in [7, 11) is 0. The van der Waals surface area contributed by atoms with E-state index in [0.717, 1.165) is 0 Å². The van der Waals surface area contributed by atoms with Crippen LogP contribution in [0.25, 0.3) is 0 Å². The van der Waals surface area contributed by atoms with Gasteiger partial charge in [-0.25, -0.2) is 4.39 Å². The third-order valence-corrected chi connectivity index (χ3v) is 1.74. The molecule has 1 radical (unpaired) electrons. The Morgan fingerprint density at radius 1 is 1.78 bits per heavy atom. The van der Waals surface area contributed by atoms with E-state index < -0.39 is 11.5 Å². The van der Waals surface area contributed by atoms with Crippen LogP contribution in [-0.4, -0.2) is 17.3 Å². The lowest BCUT2D eigenvalue weighted by atomic mass is 9.97. The highest BCUT2D eigenvalue weighted by atomic mass is 35.5. The Balaban J connectivity index is 2.44. The van der Waals surface area contributed by atoms with Crippen molar-refractivity contribution in [3.63, 3.8) is 0 Å². The van der Waals surface area contributed by atoms with Crippen LogP contribution in [0.5, 0.6) is 0 Å². The van der Waals surface area contributed by atoms with Gasteiger partial charge in [-0.3, -0.25) is 4.79 Å². The molecule has 0 bridgehead atoms. The monoisotopic (exact) mass is 149 g/mol. The predicted molar refractivity (Wildman–Crippen MR) is 33.1 cm³/mol. The van der Waals surface area contributed by atoms with E-state index in [1.807, 2.05) is 0 Å². The van der Waals surface area contributed by atoms with E-state index in [-0.39, 0.29) is 12.2 Å². The summed E-state index contributed by atoms with van der Waals surface area (Å²) in [5.41, 5.74) is 0. The van der Waals surface area contributed by atoms with Crippen molar-refractivity contribution in [2.45, 2.75) is 24.4 Å². The van der Waals surface area contributed by atoms with E-state index >= 15 is 0 Å². The first-order valence-corrected chi connectivity index (χ1v) is 3.29. The minimum absolute atomic E-state index is 0.0643. The number of Topliss-reactive ketones (excluding diaryl/α,β-unsaturated/α-hetero) is 1. The highest BCUT2D eigenvalue weighted by Crippen LogP contribution is 2.20. The van der Waals surface area contributed by atoms with E-state index in [1.165, 1.54) is 6.42 Å². The van der Waals surface area contributed by atoms with Gasteiger partial charge < -0.3 is 0 Å². The zero-order valence-electron chi connectivity index (χ0n) is 4.81. The van der Waals surface area contributed by atoms with Gasteiger partial charge in [-0.2, -0.15) is 0 Å². The maximum atomic E-state index is 12.3. The Labute approximate surface area is 58.2 Å². The molecular weight excluding hydrogens is 143 g/mol. The van der Waals surface area contributed by atoms with Gasteiger partial charge >= 0.3 is 0 Å². The first-order valence-electron chi connectivity index (χ1n) is 2.86. The number of ketones is 1. The summed E-state index contributed by atoms with van der Waals surface area (Å²) < 4.78 is 12.3. The number of rotatable bonds is 0. The highest BCUT2D eigenvalue weighted by molar-refractivity contribution is 6.32. The Morgan fingerprint density at radius 3 is 2.89 bits per heavy atom. The second-order valence-corrected chi connectivity index (χ2v) is 2.59. The molecule has 1 nitrogen and oxygen atoms in total. The first-order chi connectivity index (χ1) is 4.20. The van der Waals surface area contributed by atoms with Crippen LogP contribution in [-0.2, 0) is 4.79 Å². The van der Waals surface area contributed by atoms with Crippen LogP contribution in [0.4, 0.5) is 4.39 Å². The van der Waals surface area contributed by atoms with E-state index in [2.05, 4.69) is 0 Å². The minimum Gasteiger partial charge on any atom is -0.298 e. The molecule has 3 heteroatoms. The van der Waals surface area contributed by atoms with Crippen molar-refractivity contribution < 1.29 is 9.18 Å². The molecule has 0 heterocycles. The van der Waals surface area contributed by atoms with Crippen molar-refractivity contribution in [2.75, 3.05) is 0 Å². The van der Waals surface area contributed by atoms with E-state index in [0.29, 0.717) is 6.42 Å². The molecule has 9 heavy (non-hydrogen) atoms. The molecule has 0 aliphatic heterocycles. The maximum Gasteiger partial charge on any atom is 0.151 e. The fraction of sp³-hybridized carbons (Fsp3) is 0.667. The number of carbonyl (C=O) groups excluding carboxylic acids is 1. The first kappa shape index (κ1) is 7.00. The third kappa shape index (κ3) is 1.65. The van der Waals surface area contributed by atoms with Gasteiger partial charge in [0, 0.05) is 12.8 Å². The van der Waals surface area contributed by atoms with Crippen LogP contribution >= 0.6 is 11.6 Å². The summed E-state index contributed by atoms with van der Waals surface area (Å²) in [4.78, 5) is 10.6. The smallest absolute Gasteiger partial charge is 0.151 e. The second kappa shape index (κ2) is 2.65. The van der Waals surface area contributed by atoms with Crippen molar-refractivity contribution in [2.24, 2.45) is 0 Å². The molecule has 0 aromatic carbocycles. The summed E-state index contributed by atoms with van der Waals surface area (Å²) in [6, 6.07) is 0. The summed E-state index contributed by atoms with van der Waals surface area (Å²) in [5.74, 6) is -0.0643. The fourth-order valence-electron chi connectivity index (χ4n) is 0.805. The average Bonchev–Trinajstić information content (AvgIpc) is 1.80. The van der Waals surface area contributed by atoms with Crippen molar-refractivity contribution in [3.8, 4) is 0 Å². The van der Waals surface area contributed by atoms with Crippen LogP contribution < -0.4 is 0 Å². The number of hydrogen-bond acceptors (Lipinski definition) is 1. The van der Waals surface area contributed by atoms with Gasteiger partial charge in [-0.15, -0.1) is 11.6 Å². The number of hydrogen-bond donors (Lipinski definition) is 0. The summed E-state index contributed by atoms with van der Waals surface area (Å²) in [6.07, 6.45) is 0.853. The van der Waals surface area contributed by atoms with Crippen molar-refractivity contribution in [1.82, 2.24) is 0 Å². The lowest BCUT2D eigenvalue weighted by Gasteiger charge is -2.16. The topological polar surface area (TPSA) is 17.1 Å². The van der Waals surface area contributed by atoms with Crippen LogP contribution in [0.1, 0.15) is 12.8 Å². The lowest BCUT2D eigenvalue weighted by molar-refractivity contribution is -0.119. The molecule has 0 aromatic rings. The molecule has 1 saturated carbocycles. The minimum atomic E-state index is -0.981. The van der Waals surface area contributed by atoms with Gasteiger partial charge in [0.1, 0.15) is 6.17 Å². The number of carbonyl (C=O) groups is 1. The van der Waals surface area contributed by atoms with Crippen molar-refractivity contribution >= 4 is 17.4 Å². The molecule has 0 N–H and O–H groups in total. The Kier molecular flexibility index (Phi) is 2.06. The molecule has 51 valence electrons. The quantitative estimate of drug-likeness (QED) is 0.477. The van der Waals surface area contributed by atoms with Gasteiger partial charge in [0.2, 0.25) is 0 Å². The van der Waals surface area contributed by atoms with Crippen molar-refractivity contribution in [3.05, 3.63) is 6.42 Å². The molecule has 0 amide bonds. The largest absolute Gasteiger partial charge is 0.298 e. The predicted octanol–water partition coefficient (Wildman–Crippen LogP) is 1.50. The molecule has 2 unspecified atom stereocenters. The molecule has 0 spiro atoms. The Hall–Kier alpha value is -0.110. The second-order valence-electron chi connectivity index (χ2n) is 2.12. The SMILES string of the molecule is O=C1CCC(F)[CH]C1Cl. The fourth-order valence-corrected chi connectivity index (χ4v) is 1.07. The molecule has 0 aromatic heterocycles. The molecule has 1 aliphatic carbocycles. The van der Waals surface area contributed by atoms with Crippen LogP contribution in [0, 0.1) is 6.42 Å². The Morgan fingerprint density at radius 2 is 2.44 bits per heavy atom. The zero-order chi connectivity index (χ0) is 6.85. The zero-order valence-corrected chi connectivity index (χ0v) is 5.57. The molecule has 0 saturated heterocycles. The summed E-state index contributed by atoms with van der Waals surface area (Å²) in [6.45, 7) is 0. The molecular formula is C6H7ClFO. The number of halogens is 2. The normalized spacial score (nSPS) is 36.9. The summed E-state index contributed by atoms with van der Waals surface area (Å²) >= 11 is 5.42. The molecule has 1 aliphatic rings. The average molecular weight is 150 g/mol. The van der Waals surface area contributed by atoms with E-state index in [9.17, 15) is 9.18 Å².